The van der Waals surface area contributed by atoms with Crippen molar-refractivity contribution in [3.05, 3.63) is 48.3 Å². The summed E-state index contributed by atoms with van der Waals surface area (Å²) in [5.74, 6) is 6.74. The molecule has 0 unspecified atom stereocenters. The maximum atomic E-state index is 5.29. The number of aromatic nitrogens is 2. The first-order valence-electron chi connectivity index (χ1n) is 5.46. The molecule has 0 aliphatic rings. The standard InChI is InChI=1S/C12H15N5/c13-17-12-6-3-5-11(16-12)15-9-7-10-4-1-2-8-14-10/h1-6,8H,7,9,13H2,(H2,15,16,17). The summed E-state index contributed by atoms with van der Waals surface area (Å²) in [7, 11) is 0. The zero-order chi connectivity index (χ0) is 11.9. The smallest absolute Gasteiger partial charge is 0.142 e. The van der Waals surface area contributed by atoms with Gasteiger partial charge in [0.05, 0.1) is 0 Å². The largest absolute Gasteiger partial charge is 0.370 e. The lowest BCUT2D eigenvalue weighted by Crippen LogP contribution is -2.11. The summed E-state index contributed by atoms with van der Waals surface area (Å²) in [4.78, 5) is 8.51. The van der Waals surface area contributed by atoms with Crippen molar-refractivity contribution >= 4 is 11.6 Å². The molecule has 0 atom stereocenters. The molecule has 0 aliphatic carbocycles. The fourth-order valence-electron chi connectivity index (χ4n) is 1.48. The van der Waals surface area contributed by atoms with E-state index in [2.05, 4.69) is 20.7 Å². The molecule has 0 amide bonds. The lowest BCUT2D eigenvalue weighted by Gasteiger charge is -2.06. The Morgan fingerprint density at radius 2 is 1.94 bits per heavy atom. The second-order valence-electron chi connectivity index (χ2n) is 3.55. The third-order valence-corrected chi connectivity index (χ3v) is 2.31. The minimum atomic E-state index is 0.646. The van der Waals surface area contributed by atoms with Crippen LogP contribution in [0.5, 0.6) is 0 Å². The van der Waals surface area contributed by atoms with E-state index in [9.17, 15) is 0 Å². The first-order valence-corrected chi connectivity index (χ1v) is 5.46. The minimum Gasteiger partial charge on any atom is -0.370 e. The predicted octanol–water partition coefficient (Wildman–Crippen LogP) is 1.42. The Bertz CT molecular complexity index is 457. The number of hydrogen-bond acceptors (Lipinski definition) is 5. The molecule has 0 aromatic carbocycles. The molecule has 0 radical (unpaired) electrons. The van der Waals surface area contributed by atoms with Crippen molar-refractivity contribution in [1.29, 1.82) is 0 Å². The Morgan fingerprint density at radius 1 is 1.06 bits per heavy atom. The quantitative estimate of drug-likeness (QED) is 0.534. The van der Waals surface area contributed by atoms with Gasteiger partial charge in [0.15, 0.2) is 0 Å². The number of pyridine rings is 2. The Kier molecular flexibility index (Phi) is 3.88. The van der Waals surface area contributed by atoms with Crippen molar-refractivity contribution in [2.24, 2.45) is 5.84 Å². The Morgan fingerprint density at radius 3 is 2.71 bits per heavy atom. The molecule has 2 aromatic rings. The maximum absolute atomic E-state index is 5.29. The van der Waals surface area contributed by atoms with Crippen molar-refractivity contribution < 1.29 is 0 Å². The molecule has 0 saturated heterocycles. The molecule has 4 N–H and O–H groups in total. The van der Waals surface area contributed by atoms with Crippen LogP contribution in [0.2, 0.25) is 0 Å². The number of hydrazine groups is 1. The van der Waals surface area contributed by atoms with Crippen LogP contribution < -0.4 is 16.6 Å². The molecule has 17 heavy (non-hydrogen) atoms. The summed E-state index contributed by atoms with van der Waals surface area (Å²) in [6, 6.07) is 11.5. The zero-order valence-corrected chi connectivity index (χ0v) is 9.43. The number of nitrogens with zero attached hydrogens (tertiary/aromatic N) is 2. The van der Waals surface area contributed by atoms with Crippen molar-refractivity contribution in [2.45, 2.75) is 6.42 Å². The third kappa shape index (κ3) is 3.42. The summed E-state index contributed by atoms with van der Waals surface area (Å²) in [6.07, 6.45) is 2.66. The maximum Gasteiger partial charge on any atom is 0.142 e. The van der Waals surface area contributed by atoms with Crippen molar-refractivity contribution in [3.8, 4) is 0 Å². The normalized spacial score (nSPS) is 9.94. The van der Waals surface area contributed by atoms with Gasteiger partial charge in [-0.1, -0.05) is 12.1 Å². The monoisotopic (exact) mass is 229 g/mol. The SMILES string of the molecule is NNc1cccc(NCCc2ccccn2)n1. The summed E-state index contributed by atoms with van der Waals surface area (Å²) < 4.78 is 0. The number of hydrogen-bond donors (Lipinski definition) is 3. The topological polar surface area (TPSA) is 75.9 Å². The number of anilines is 2. The van der Waals surface area contributed by atoms with E-state index >= 15 is 0 Å². The molecule has 5 heteroatoms. The van der Waals surface area contributed by atoms with Crippen LogP contribution in [0.15, 0.2) is 42.6 Å². The van der Waals surface area contributed by atoms with Gasteiger partial charge < -0.3 is 10.7 Å². The van der Waals surface area contributed by atoms with Crippen LogP contribution in [0, 0.1) is 0 Å². The summed E-state index contributed by atoms with van der Waals surface area (Å²) in [5, 5.41) is 3.22. The van der Waals surface area contributed by atoms with Crippen LogP contribution in [0.3, 0.4) is 0 Å². The van der Waals surface area contributed by atoms with Gasteiger partial charge in [0.25, 0.3) is 0 Å². The number of nitrogens with two attached hydrogens (primary N) is 1. The highest BCUT2D eigenvalue weighted by Gasteiger charge is 1.96. The van der Waals surface area contributed by atoms with E-state index in [-0.39, 0.29) is 0 Å². The highest BCUT2D eigenvalue weighted by atomic mass is 15.3. The van der Waals surface area contributed by atoms with E-state index in [0.29, 0.717) is 5.82 Å². The van der Waals surface area contributed by atoms with Gasteiger partial charge in [-0.25, -0.2) is 10.8 Å². The van der Waals surface area contributed by atoms with Gasteiger partial charge in [-0.2, -0.15) is 0 Å². The molecule has 2 heterocycles. The summed E-state index contributed by atoms with van der Waals surface area (Å²) >= 11 is 0. The third-order valence-electron chi connectivity index (χ3n) is 2.31. The van der Waals surface area contributed by atoms with Crippen LogP contribution in [0.4, 0.5) is 11.6 Å². The molecular weight excluding hydrogens is 214 g/mol. The van der Waals surface area contributed by atoms with Gasteiger partial charge in [-0.3, -0.25) is 4.98 Å². The van der Waals surface area contributed by atoms with E-state index in [4.69, 9.17) is 5.84 Å². The fraction of sp³-hybridized carbons (Fsp3) is 0.167. The molecule has 2 aromatic heterocycles. The first kappa shape index (κ1) is 11.3. The van der Waals surface area contributed by atoms with Crippen LogP contribution >= 0.6 is 0 Å². The molecule has 0 aliphatic heterocycles. The Hall–Kier alpha value is -2.14. The van der Waals surface area contributed by atoms with Gasteiger partial charge >= 0.3 is 0 Å². The fourth-order valence-corrected chi connectivity index (χ4v) is 1.48. The average molecular weight is 229 g/mol. The molecule has 0 saturated carbocycles. The molecule has 0 fully saturated rings. The second-order valence-corrected chi connectivity index (χ2v) is 3.55. The highest BCUT2D eigenvalue weighted by molar-refractivity contribution is 5.44. The molecular formula is C12H15N5. The molecule has 88 valence electrons. The lowest BCUT2D eigenvalue weighted by molar-refractivity contribution is 0.954. The van der Waals surface area contributed by atoms with E-state index in [1.54, 1.807) is 6.20 Å². The molecule has 5 nitrogen and oxygen atoms in total. The van der Waals surface area contributed by atoms with Gasteiger partial charge in [-0.15, -0.1) is 0 Å². The zero-order valence-electron chi connectivity index (χ0n) is 9.43. The van der Waals surface area contributed by atoms with E-state index in [1.165, 1.54) is 0 Å². The van der Waals surface area contributed by atoms with Crippen molar-refractivity contribution in [3.63, 3.8) is 0 Å². The summed E-state index contributed by atoms with van der Waals surface area (Å²) in [5.41, 5.74) is 3.58. The van der Waals surface area contributed by atoms with E-state index in [0.717, 1.165) is 24.5 Å². The number of nitrogen functional groups attached to an aromatic ring is 1. The lowest BCUT2D eigenvalue weighted by atomic mass is 10.3. The van der Waals surface area contributed by atoms with Gasteiger partial charge in [0, 0.05) is 24.9 Å². The number of nitrogens with one attached hydrogen (secondary N) is 2. The summed E-state index contributed by atoms with van der Waals surface area (Å²) in [6.45, 7) is 0.790. The minimum absolute atomic E-state index is 0.646. The second kappa shape index (κ2) is 5.81. The Balaban J connectivity index is 1.86. The average Bonchev–Trinajstić information content (AvgIpc) is 2.40. The van der Waals surface area contributed by atoms with Crippen LogP contribution in [0.25, 0.3) is 0 Å². The molecule has 0 spiro atoms. The molecule has 0 bridgehead atoms. The van der Waals surface area contributed by atoms with E-state index in [1.807, 2.05) is 36.4 Å². The van der Waals surface area contributed by atoms with E-state index < -0.39 is 0 Å². The highest BCUT2D eigenvalue weighted by Crippen LogP contribution is 2.07. The first-order chi connectivity index (χ1) is 8.38. The van der Waals surface area contributed by atoms with Crippen LogP contribution in [0.1, 0.15) is 5.69 Å². The van der Waals surface area contributed by atoms with Crippen molar-refractivity contribution in [1.82, 2.24) is 9.97 Å². The predicted molar refractivity (Wildman–Crippen MR) is 68.5 cm³/mol. The van der Waals surface area contributed by atoms with Gasteiger partial charge in [0.1, 0.15) is 11.6 Å². The van der Waals surface area contributed by atoms with Crippen LogP contribution in [-0.2, 0) is 6.42 Å². The molecule has 2 rings (SSSR count). The van der Waals surface area contributed by atoms with Gasteiger partial charge in [0.2, 0.25) is 0 Å². The van der Waals surface area contributed by atoms with Gasteiger partial charge in [-0.05, 0) is 24.3 Å². The van der Waals surface area contributed by atoms with Crippen LogP contribution in [-0.4, -0.2) is 16.5 Å². The number of rotatable bonds is 5. The van der Waals surface area contributed by atoms with Crippen molar-refractivity contribution in [2.75, 3.05) is 17.3 Å². The Labute approximate surface area is 100 Å².